The van der Waals surface area contributed by atoms with Crippen molar-refractivity contribution in [2.45, 2.75) is 12.8 Å². The Morgan fingerprint density at radius 3 is 2.53 bits per heavy atom. The predicted octanol–water partition coefficient (Wildman–Crippen LogP) is 2.06. The fourth-order valence-electron chi connectivity index (χ4n) is 4.63. The van der Waals surface area contributed by atoms with Gasteiger partial charge in [0.05, 0.1) is 11.1 Å². The highest BCUT2D eigenvalue weighted by atomic mass is 31.2. The molecule has 10 heteroatoms. The van der Waals surface area contributed by atoms with E-state index in [1.165, 1.54) is 6.07 Å². The largest absolute Gasteiger partial charge is 0.375 e. The second-order valence-electron chi connectivity index (χ2n) is 8.72. The molecular formula is C24H25FN6O2P. The molecule has 2 N–H and O–H groups in total. The van der Waals surface area contributed by atoms with E-state index in [0.29, 0.717) is 54.2 Å². The topological polar surface area (TPSA) is 109 Å². The summed E-state index contributed by atoms with van der Waals surface area (Å²) in [7, 11) is -2.71. The summed E-state index contributed by atoms with van der Waals surface area (Å²) in [5.41, 5.74) is 1.27. The minimum Gasteiger partial charge on any atom is -0.375 e. The quantitative estimate of drug-likeness (QED) is 0.258. The molecule has 1 aromatic heterocycles. The van der Waals surface area contributed by atoms with Crippen molar-refractivity contribution in [3.63, 3.8) is 0 Å². The van der Waals surface area contributed by atoms with Gasteiger partial charge in [-0.05, 0) is 30.2 Å². The molecule has 2 saturated heterocycles. The van der Waals surface area contributed by atoms with Gasteiger partial charge < -0.3 is 14.7 Å². The number of aliphatic imine (C=N–C) groups is 1. The third-order valence-electron chi connectivity index (χ3n) is 6.66. The van der Waals surface area contributed by atoms with Gasteiger partial charge in [-0.2, -0.15) is 10.4 Å². The number of likely N-dealkylation sites (tertiary alicyclic amines) is 1. The molecule has 3 heterocycles. The maximum atomic E-state index is 14.9. The summed E-state index contributed by atoms with van der Waals surface area (Å²) in [6.07, 6.45) is 4.24. The number of halogens is 1. The lowest BCUT2D eigenvalue weighted by atomic mass is 10.0. The average Bonchev–Trinajstić information content (AvgIpc) is 2.81. The number of hydrogen-bond donors (Lipinski definition) is 2. The number of aromatic amines is 1. The average molecular weight is 479 g/mol. The second-order valence-corrected chi connectivity index (χ2v) is 11.9. The smallest absolute Gasteiger partial charge is 0.272 e. The van der Waals surface area contributed by atoms with Gasteiger partial charge in [0, 0.05) is 63.1 Å². The highest BCUT2D eigenvalue weighted by Crippen LogP contribution is 2.55. The number of aromatic nitrogens is 2. The predicted molar refractivity (Wildman–Crippen MR) is 131 cm³/mol. The lowest BCUT2D eigenvalue weighted by molar-refractivity contribution is 0.250. The molecule has 175 valence electrons. The summed E-state index contributed by atoms with van der Waals surface area (Å²) >= 11 is 0. The van der Waals surface area contributed by atoms with Crippen LogP contribution in [0, 0.1) is 17.3 Å². The van der Waals surface area contributed by atoms with Crippen LogP contribution in [0.3, 0.4) is 0 Å². The van der Waals surface area contributed by atoms with Gasteiger partial charge in [-0.3, -0.25) is 4.79 Å². The third kappa shape index (κ3) is 4.15. The highest BCUT2D eigenvalue weighted by Gasteiger charge is 2.37. The van der Waals surface area contributed by atoms with Crippen molar-refractivity contribution in [2.24, 2.45) is 4.99 Å². The van der Waals surface area contributed by atoms with Gasteiger partial charge >= 0.3 is 0 Å². The monoisotopic (exact) mass is 479 g/mol. The fraction of sp³-hybridized carbons (Fsp3) is 0.333. The molecule has 2 aliphatic heterocycles. The van der Waals surface area contributed by atoms with Crippen LogP contribution in [0.2, 0.25) is 0 Å². The van der Waals surface area contributed by atoms with E-state index in [9.17, 15) is 14.1 Å². The first-order chi connectivity index (χ1) is 16.5. The first-order valence-corrected chi connectivity index (χ1v) is 13.4. The molecule has 0 bridgehead atoms. The Morgan fingerprint density at radius 2 is 1.85 bits per heavy atom. The number of hydrogen-bond acceptors (Lipinski definition) is 5. The Morgan fingerprint density at radius 1 is 1.15 bits per heavy atom. The first-order valence-electron chi connectivity index (χ1n) is 11.3. The van der Waals surface area contributed by atoms with E-state index in [4.69, 9.17) is 5.26 Å². The van der Waals surface area contributed by atoms with E-state index < -0.39 is 13.3 Å². The van der Waals surface area contributed by atoms with Crippen LogP contribution in [0.15, 0.2) is 52.3 Å². The lowest BCUT2D eigenvalue weighted by Gasteiger charge is -2.45. The van der Waals surface area contributed by atoms with Crippen LogP contribution in [0.4, 0.5) is 4.39 Å². The molecule has 2 fully saturated rings. The zero-order chi connectivity index (χ0) is 23.7. The van der Waals surface area contributed by atoms with Crippen LogP contribution in [0.1, 0.15) is 17.7 Å². The van der Waals surface area contributed by atoms with E-state index >= 15 is 0 Å². The van der Waals surface area contributed by atoms with Crippen LogP contribution in [-0.2, 0) is 6.42 Å². The van der Waals surface area contributed by atoms with Crippen molar-refractivity contribution >= 4 is 29.5 Å². The van der Waals surface area contributed by atoms with Crippen molar-refractivity contribution in [3.8, 4) is 6.19 Å². The molecule has 2 aliphatic rings. The second kappa shape index (κ2) is 9.13. The number of H-pyrrole nitrogens is 1. The molecule has 0 saturated carbocycles. The van der Waals surface area contributed by atoms with Crippen LogP contribution >= 0.6 is 7.49 Å². The molecular weight excluding hydrogens is 454 g/mol. The minimum atomic E-state index is -2.71. The number of guanidine groups is 1. The number of rotatable bonds is 3. The molecule has 34 heavy (non-hydrogen) atoms. The number of nitrogens with zero attached hydrogens (tertiary/aromatic N) is 5. The molecule has 3 aromatic rings. The first kappa shape index (κ1) is 22.5. The number of fused-ring (bicyclic) bond motifs is 1. The SMILES string of the molecule is N#CN=C(N1CCC1)N1CC[P](O)(c2cc(Cc3n[nH]c(=O)c4ccccc34)ccc2F)CC1. The van der Waals surface area contributed by atoms with Gasteiger partial charge in [0.15, 0.2) is 0 Å². The number of benzene rings is 2. The normalized spacial score (nSPS) is 18.0. The van der Waals surface area contributed by atoms with Crippen LogP contribution in [0.25, 0.3) is 10.8 Å². The third-order valence-corrected chi connectivity index (χ3v) is 9.78. The molecule has 0 unspecified atom stereocenters. The van der Waals surface area contributed by atoms with Crippen molar-refractivity contribution in [3.05, 3.63) is 69.9 Å². The molecule has 0 amide bonds. The van der Waals surface area contributed by atoms with Crippen LogP contribution in [0.5, 0.6) is 0 Å². The Bertz CT molecular complexity index is 1360. The molecule has 2 aromatic carbocycles. The molecule has 8 nitrogen and oxygen atoms in total. The number of nitriles is 1. The van der Waals surface area contributed by atoms with Crippen LogP contribution in [-0.4, -0.2) is 69.4 Å². The zero-order valence-corrected chi connectivity index (χ0v) is 19.5. The van der Waals surface area contributed by atoms with Gasteiger partial charge in [-0.1, -0.05) is 24.3 Å². The molecule has 5 rings (SSSR count). The molecule has 1 radical (unpaired) electrons. The van der Waals surface area contributed by atoms with E-state index in [1.807, 2.05) is 23.2 Å². The summed E-state index contributed by atoms with van der Waals surface area (Å²) in [5, 5.41) is 17.5. The fourth-order valence-corrected chi connectivity index (χ4v) is 7.35. The molecule has 0 spiro atoms. The Hall–Kier alpha value is -3.34. The van der Waals surface area contributed by atoms with Crippen LogP contribution < -0.4 is 10.9 Å². The molecule has 0 atom stereocenters. The summed E-state index contributed by atoms with van der Waals surface area (Å²) in [6, 6.07) is 12.1. The minimum absolute atomic E-state index is 0.247. The lowest BCUT2D eigenvalue weighted by Crippen LogP contribution is -2.54. The van der Waals surface area contributed by atoms with E-state index in [2.05, 4.69) is 20.1 Å². The molecule has 0 aliphatic carbocycles. The summed E-state index contributed by atoms with van der Waals surface area (Å²) in [6.45, 7) is 2.80. The van der Waals surface area contributed by atoms with Crippen molar-refractivity contribution < 1.29 is 9.28 Å². The Kier molecular flexibility index (Phi) is 6.03. The number of nitrogens with one attached hydrogen (secondary N) is 1. The van der Waals surface area contributed by atoms with Crippen molar-refractivity contribution in [1.29, 1.82) is 5.26 Å². The highest BCUT2D eigenvalue weighted by molar-refractivity contribution is 7.77. The van der Waals surface area contributed by atoms with Crippen molar-refractivity contribution in [1.82, 2.24) is 20.0 Å². The van der Waals surface area contributed by atoms with E-state index in [1.54, 1.807) is 24.3 Å². The van der Waals surface area contributed by atoms with E-state index in [-0.39, 0.29) is 5.56 Å². The maximum Gasteiger partial charge on any atom is 0.272 e. The Balaban J connectivity index is 1.38. The van der Waals surface area contributed by atoms with Gasteiger partial charge in [0.25, 0.3) is 5.56 Å². The standard InChI is InChI=1S/C24H25FN6O2P/c25-20-7-6-17(14-21-18-4-1-2-5-19(18)23(32)29-28-21)15-22(20)34(33)12-10-31(11-13-34)24(27-16-26)30-8-3-9-30/h1-2,4-7,15,33H,3,8-14H2,(H,29,32). The summed E-state index contributed by atoms with van der Waals surface area (Å²) in [5.74, 6) is 0.256. The van der Waals surface area contributed by atoms with Gasteiger partial charge in [0.2, 0.25) is 12.2 Å². The van der Waals surface area contributed by atoms with Gasteiger partial charge in [-0.15, -0.1) is 4.99 Å². The Labute approximate surface area is 196 Å². The zero-order valence-electron chi connectivity index (χ0n) is 18.6. The summed E-state index contributed by atoms with van der Waals surface area (Å²) in [4.78, 5) is 31.7. The van der Waals surface area contributed by atoms with E-state index in [0.717, 1.165) is 30.5 Å². The summed E-state index contributed by atoms with van der Waals surface area (Å²) < 4.78 is 14.9. The van der Waals surface area contributed by atoms with Gasteiger partial charge in [-0.25, -0.2) is 9.49 Å². The maximum absolute atomic E-state index is 14.9. The van der Waals surface area contributed by atoms with Gasteiger partial charge in [0.1, 0.15) is 5.82 Å². The van der Waals surface area contributed by atoms with Crippen molar-refractivity contribution in [2.75, 3.05) is 38.5 Å².